The Morgan fingerprint density at radius 3 is 2.81 bits per heavy atom. The van der Waals surface area contributed by atoms with Gasteiger partial charge in [-0.05, 0) is 30.5 Å². The van der Waals surface area contributed by atoms with E-state index in [0.29, 0.717) is 17.0 Å². The summed E-state index contributed by atoms with van der Waals surface area (Å²) in [7, 11) is 1.64. The van der Waals surface area contributed by atoms with Gasteiger partial charge in [-0.3, -0.25) is 4.68 Å². The first-order valence-electron chi connectivity index (χ1n) is 7.22. The molecule has 4 nitrogen and oxygen atoms in total. The van der Waals surface area contributed by atoms with Crippen molar-refractivity contribution in [2.75, 3.05) is 7.11 Å². The third kappa shape index (κ3) is 4.77. The van der Waals surface area contributed by atoms with Gasteiger partial charge < -0.3 is 4.74 Å². The van der Waals surface area contributed by atoms with Gasteiger partial charge in [-0.2, -0.15) is 5.10 Å². The van der Waals surface area contributed by atoms with Crippen LogP contribution in [0.1, 0.15) is 37.3 Å². The van der Waals surface area contributed by atoms with Crippen LogP contribution in [0, 0.1) is 5.92 Å². The molecular weight excluding hydrogens is 282 g/mol. The SMILES string of the molecule is COc1cc(C(C)SCc2ccn(CC(C)C)n2)ccn1. The van der Waals surface area contributed by atoms with Crippen molar-refractivity contribution in [3.63, 3.8) is 0 Å². The Hall–Kier alpha value is -1.49. The lowest BCUT2D eigenvalue weighted by atomic mass is 10.2. The number of nitrogens with zero attached hydrogens (tertiary/aromatic N) is 3. The van der Waals surface area contributed by atoms with Gasteiger partial charge in [-0.1, -0.05) is 13.8 Å². The van der Waals surface area contributed by atoms with Crippen molar-refractivity contribution in [3.05, 3.63) is 41.9 Å². The van der Waals surface area contributed by atoms with Crippen LogP contribution in [-0.2, 0) is 12.3 Å². The van der Waals surface area contributed by atoms with Crippen LogP contribution in [0.5, 0.6) is 5.88 Å². The summed E-state index contributed by atoms with van der Waals surface area (Å²) in [6.07, 6.45) is 3.86. The molecule has 0 aliphatic carbocycles. The van der Waals surface area contributed by atoms with Crippen molar-refractivity contribution in [1.29, 1.82) is 0 Å². The van der Waals surface area contributed by atoms with Gasteiger partial charge in [0.05, 0.1) is 12.8 Å². The predicted molar refractivity (Wildman–Crippen MR) is 87.6 cm³/mol. The third-order valence-electron chi connectivity index (χ3n) is 3.17. The summed E-state index contributed by atoms with van der Waals surface area (Å²) in [6, 6.07) is 6.14. The van der Waals surface area contributed by atoms with Crippen molar-refractivity contribution in [3.8, 4) is 5.88 Å². The first-order valence-corrected chi connectivity index (χ1v) is 8.27. The standard InChI is InChI=1S/C16H23N3OS/c1-12(2)10-19-8-6-15(18-19)11-21-13(3)14-5-7-17-16(9-14)20-4/h5-9,12-13H,10-11H2,1-4H3. The van der Waals surface area contributed by atoms with Gasteiger partial charge in [0.2, 0.25) is 5.88 Å². The van der Waals surface area contributed by atoms with Gasteiger partial charge in [-0.25, -0.2) is 4.98 Å². The molecule has 0 N–H and O–H groups in total. The smallest absolute Gasteiger partial charge is 0.213 e. The van der Waals surface area contributed by atoms with Crippen LogP contribution in [0.15, 0.2) is 30.6 Å². The molecule has 0 radical (unpaired) electrons. The molecule has 0 saturated carbocycles. The molecular formula is C16H23N3OS. The average molecular weight is 305 g/mol. The topological polar surface area (TPSA) is 39.9 Å². The Morgan fingerprint density at radius 1 is 1.29 bits per heavy atom. The van der Waals surface area contributed by atoms with E-state index in [1.54, 1.807) is 13.3 Å². The van der Waals surface area contributed by atoms with Crippen LogP contribution in [0.3, 0.4) is 0 Å². The van der Waals surface area contributed by atoms with Crippen LogP contribution >= 0.6 is 11.8 Å². The molecule has 2 aromatic rings. The number of hydrogen-bond acceptors (Lipinski definition) is 4. The molecule has 0 aliphatic heterocycles. The Balaban J connectivity index is 1.91. The average Bonchev–Trinajstić information content (AvgIpc) is 2.91. The molecule has 0 saturated heterocycles. The molecule has 0 amide bonds. The highest BCUT2D eigenvalue weighted by atomic mass is 32.2. The molecule has 5 heteroatoms. The largest absolute Gasteiger partial charge is 0.481 e. The molecule has 21 heavy (non-hydrogen) atoms. The van der Waals surface area contributed by atoms with Crippen LogP contribution in [-0.4, -0.2) is 21.9 Å². The predicted octanol–water partition coefficient (Wildman–Crippen LogP) is 3.94. The fourth-order valence-electron chi connectivity index (χ4n) is 2.05. The van der Waals surface area contributed by atoms with Crippen molar-refractivity contribution < 1.29 is 4.74 Å². The summed E-state index contributed by atoms with van der Waals surface area (Å²) in [5, 5.41) is 4.99. The molecule has 1 unspecified atom stereocenters. The van der Waals surface area contributed by atoms with E-state index in [9.17, 15) is 0 Å². The zero-order valence-electron chi connectivity index (χ0n) is 13.1. The zero-order chi connectivity index (χ0) is 15.2. The molecule has 1 atom stereocenters. The minimum atomic E-state index is 0.386. The first-order chi connectivity index (χ1) is 10.1. The number of ether oxygens (including phenoxy) is 1. The summed E-state index contributed by atoms with van der Waals surface area (Å²) >= 11 is 1.87. The highest BCUT2D eigenvalue weighted by Crippen LogP contribution is 2.31. The van der Waals surface area contributed by atoms with Crippen LogP contribution < -0.4 is 4.74 Å². The van der Waals surface area contributed by atoms with Gasteiger partial charge >= 0.3 is 0 Å². The number of pyridine rings is 1. The highest BCUT2D eigenvalue weighted by Gasteiger charge is 2.09. The summed E-state index contributed by atoms with van der Waals surface area (Å²) in [4.78, 5) is 4.14. The van der Waals surface area contributed by atoms with Gasteiger partial charge in [-0.15, -0.1) is 11.8 Å². The minimum absolute atomic E-state index is 0.386. The van der Waals surface area contributed by atoms with E-state index in [2.05, 4.69) is 43.1 Å². The Morgan fingerprint density at radius 2 is 2.10 bits per heavy atom. The minimum Gasteiger partial charge on any atom is -0.481 e. The van der Waals surface area contributed by atoms with E-state index in [0.717, 1.165) is 18.0 Å². The number of rotatable bonds is 7. The molecule has 2 heterocycles. The van der Waals surface area contributed by atoms with E-state index < -0.39 is 0 Å². The quantitative estimate of drug-likeness (QED) is 0.777. The Bertz CT molecular complexity index is 568. The maximum atomic E-state index is 5.17. The normalized spacial score (nSPS) is 12.6. The van der Waals surface area contributed by atoms with E-state index >= 15 is 0 Å². The van der Waals surface area contributed by atoms with E-state index in [1.165, 1.54) is 5.56 Å². The summed E-state index contributed by atoms with van der Waals surface area (Å²) in [6.45, 7) is 7.58. The van der Waals surface area contributed by atoms with Gasteiger partial charge in [0, 0.05) is 36.0 Å². The molecule has 2 rings (SSSR count). The summed E-state index contributed by atoms with van der Waals surface area (Å²) in [5.74, 6) is 2.20. The molecule has 2 aromatic heterocycles. The molecule has 0 spiro atoms. The lowest BCUT2D eigenvalue weighted by Crippen LogP contribution is -2.05. The second-order valence-corrected chi connectivity index (χ2v) is 6.84. The number of methoxy groups -OCH3 is 1. The van der Waals surface area contributed by atoms with Crippen LogP contribution in [0.25, 0.3) is 0 Å². The van der Waals surface area contributed by atoms with Crippen molar-refractivity contribution in [1.82, 2.24) is 14.8 Å². The van der Waals surface area contributed by atoms with Crippen molar-refractivity contribution >= 4 is 11.8 Å². The number of thioether (sulfide) groups is 1. The Kier molecular flexibility index (Phi) is 5.67. The second-order valence-electron chi connectivity index (χ2n) is 5.51. The lowest BCUT2D eigenvalue weighted by molar-refractivity contribution is 0.397. The highest BCUT2D eigenvalue weighted by molar-refractivity contribution is 7.98. The second kappa shape index (κ2) is 7.50. The maximum absolute atomic E-state index is 5.17. The third-order valence-corrected chi connectivity index (χ3v) is 4.40. The first kappa shape index (κ1) is 15.9. The molecule has 0 bridgehead atoms. The number of aromatic nitrogens is 3. The van der Waals surface area contributed by atoms with Crippen molar-refractivity contribution in [2.24, 2.45) is 5.92 Å². The zero-order valence-corrected chi connectivity index (χ0v) is 13.9. The Labute approximate surface area is 130 Å². The van der Waals surface area contributed by atoms with E-state index in [4.69, 9.17) is 4.74 Å². The molecule has 0 fully saturated rings. The van der Waals surface area contributed by atoms with Crippen LogP contribution in [0.4, 0.5) is 0 Å². The fraction of sp³-hybridized carbons (Fsp3) is 0.500. The van der Waals surface area contributed by atoms with E-state index in [-0.39, 0.29) is 0 Å². The molecule has 0 aliphatic rings. The van der Waals surface area contributed by atoms with E-state index in [1.807, 2.05) is 28.6 Å². The molecule has 0 aromatic carbocycles. The van der Waals surface area contributed by atoms with Crippen molar-refractivity contribution in [2.45, 2.75) is 38.3 Å². The lowest BCUT2D eigenvalue weighted by Gasteiger charge is -2.11. The fourth-order valence-corrected chi connectivity index (χ4v) is 2.97. The van der Waals surface area contributed by atoms with Gasteiger partial charge in [0.15, 0.2) is 0 Å². The summed E-state index contributed by atoms with van der Waals surface area (Å²) < 4.78 is 7.20. The maximum Gasteiger partial charge on any atom is 0.213 e. The monoisotopic (exact) mass is 305 g/mol. The number of hydrogen-bond donors (Lipinski definition) is 0. The molecule has 114 valence electrons. The van der Waals surface area contributed by atoms with Gasteiger partial charge in [0.25, 0.3) is 0 Å². The summed E-state index contributed by atoms with van der Waals surface area (Å²) in [5.41, 5.74) is 2.36. The van der Waals surface area contributed by atoms with Crippen LogP contribution in [0.2, 0.25) is 0 Å². The van der Waals surface area contributed by atoms with Gasteiger partial charge in [0.1, 0.15) is 0 Å².